The largest absolute Gasteiger partial charge is 0.459 e. The van der Waals surface area contributed by atoms with Crippen LogP contribution in [-0.2, 0) is 6.42 Å². The summed E-state index contributed by atoms with van der Waals surface area (Å²) in [5.74, 6) is 1.07. The average molecular weight is 368 g/mol. The van der Waals surface area contributed by atoms with E-state index >= 15 is 0 Å². The summed E-state index contributed by atoms with van der Waals surface area (Å²) in [5.41, 5.74) is 2.23. The van der Waals surface area contributed by atoms with Gasteiger partial charge >= 0.3 is 0 Å². The lowest BCUT2D eigenvalue weighted by Gasteiger charge is -2.35. The number of rotatable bonds is 2. The maximum Gasteiger partial charge on any atom is 0.289 e. The van der Waals surface area contributed by atoms with Gasteiger partial charge in [0.15, 0.2) is 11.5 Å². The molecule has 0 atom stereocenters. The highest BCUT2D eigenvalue weighted by Crippen LogP contribution is 2.35. The van der Waals surface area contributed by atoms with Gasteiger partial charge in [-0.15, -0.1) is 0 Å². The Morgan fingerprint density at radius 2 is 1.89 bits per heavy atom. The summed E-state index contributed by atoms with van der Waals surface area (Å²) in [6.45, 7) is 8.57. The maximum atomic E-state index is 12.5. The lowest BCUT2D eigenvalue weighted by Crippen LogP contribution is -2.49. The summed E-state index contributed by atoms with van der Waals surface area (Å²) < 4.78 is 5.21. The van der Waals surface area contributed by atoms with Crippen LogP contribution in [0.3, 0.4) is 0 Å². The molecule has 3 heterocycles. The van der Waals surface area contributed by atoms with Gasteiger partial charge in [-0.2, -0.15) is 0 Å². The van der Waals surface area contributed by atoms with Crippen LogP contribution in [0.4, 0.5) is 5.95 Å². The van der Waals surface area contributed by atoms with Crippen molar-refractivity contribution >= 4 is 17.6 Å². The quantitative estimate of drug-likeness (QED) is 0.810. The minimum Gasteiger partial charge on any atom is -0.459 e. The number of carbonyl (C=O) groups excluding carboxylic acids is 2. The predicted octanol–water partition coefficient (Wildman–Crippen LogP) is 2.50. The van der Waals surface area contributed by atoms with Crippen LogP contribution in [0.25, 0.3) is 0 Å². The SMILES string of the molecule is Cc1nc(N2CCN(C(=O)c3ccco3)CC2)nc2c1C(=O)CC(C)(C)C2. The molecule has 0 aromatic carbocycles. The third-order valence-electron chi connectivity index (χ3n) is 5.30. The first-order valence-electron chi connectivity index (χ1n) is 9.32. The molecule has 1 saturated heterocycles. The molecule has 7 nitrogen and oxygen atoms in total. The van der Waals surface area contributed by atoms with Crippen molar-refractivity contribution in [3.8, 4) is 0 Å². The Morgan fingerprint density at radius 3 is 2.56 bits per heavy atom. The Hall–Kier alpha value is -2.70. The molecule has 7 heteroatoms. The van der Waals surface area contributed by atoms with E-state index < -0.39 is 0 Å². The molecule has 1 aliphatic heterocycles. The summed E-state index contributed by atoms with van der Waals surface area (Å²) in [6.07, 6.45) is 2.83. The molecule has 0 bridgehead atoms. The van der Waals surface area contributed by atoms with E-state index in [0.717, 1.165) is 17.8 Å². The molecule has 0 saturated carbocycles. The van der Waals surface area contributed by atoms with E-state index in [-0.39, 0.29) is 17.1 Å². The van der Waals surface area contributed by atoms with Crippen LogP contribution in [0, 0.1) is 12.3 Å². The number of aryl methyl sites for hydroxylation is 1. The Kier molecular flexibility index (Phi) is 4.25. The van der Waals surface area contributed by atoms with Crippen LogP contribution in [0.5, 0.6) is 0 Å². The van der Waals surface area contributed by atoms with Crippen molar-refractivity contribution in [3.63, 3.8) is 0 Å². The normalized spacial score (nSPS) is 19.1. The van der Waals surface area contributed by atoms with E-state index in [1.807, 2.05) is 6.92 Å². The van der Waals surface area contributed by atoms with Gasteiger partial charge in [0, 0.05) is 32.6 Å². The fraction of sp³-hybridized carbons (Fsp3) is 0.500. The first-order valence-corrected chi connectivity index (χ1v) is 9.32. The van der Waals surface area contributed by atoms with Crippen molar-refractivity contribution in [1.82, 2.24) is 14.9 Å². The zero-order valence-electron chi connectivity index (χ0n) is 16.0. The van der Waals surface area contributed by atoms with E-state index in [9.17, 15) is 9.59 Å². The lowest BCUT2D eigenvalue weighted by molar-refractivity contribution is 0.0713. The van der Waals surface area contributed by atoms with Gasteiger partial charge in [0.1, 0.15) is 0 Å². The highest BCUT2D eigenvalue weighted by molar-refractivity contribution is 5.99. The third-order valence-corrected chi connectivity index (χ3v) is 5.30. The summed E-state index contributed by atoms with van der Waals surface area (Å²) in [7, 11) is 0. The molecule has 0 N–H and O–H groups in total. The standard InChI is InChI=1S/C20H24N4O3/c1-13-17-14(11-20(2,3)12-15(17)25)22-19(21-13)24-8-6-23(7-9-24)18(26)16-5-4-10-27-16/h4-5,10H,6-9,11-12H2,1-3H3. The number of furan rings is 1. The van der Waals surface area contributed by atoms with E-state index in [1.54, 1.807) is 17.0 Å². The van der Waals surface area contributed by atoms with Crippen LogP contribution < -0.4 is 4.90 Å². The molecular weight excluding hydrogens is 344 g/mol. The van der Waals surface area contributed by atoms with Gasteiger partial charge in [-0.1, -0.05) is 13.8 Å². The topological polar surface area (TPSA) is 79.5 Å². The van der Waals surface area contributed by atoms with Gasteiger partial charge in [0.25, 0.3) is 5.91 Å². The number of hydrogen-bond donors (Lipinski definition) is 0. The Morgan fingerprint density at radius 1 is 1.15 bits per heavy atom. The van der Waals surface area contributed by atoms with E-state index in [0.29, 0.717) is 49.9 Å². The van der Waals surface area contributed by atoms with E-state index in [1.165, 1.54) is 6.26 Å². The predicted molar refractivity (Wildman–Crippen MR) is 100 cm³/mol. The molecule has 0 spiro atoms. The summed E-state index contributed by atoms with van der Waals surface area (Å²) in [4.78, 5) is 38.1. The van der Waals surface area contributed by atoms with Crippen LogP contribution in [0.2, 0.25) is 0 Å². The molecular formula is C20H24N4O3. The van der Waals surface area contributed by atoms with E-state index in [4.69, 9.17) is 9.40 Å². The second-order valence-corrected chi connectivity index (χ2v) is 8.13. The second-order valence-electron chi connectivity index (χ2n) is 8.13. The van der Waals surface area contributed by atoms with Gasteiger partial charge in [0.2, 0.25) is 5.95 Å². The smallest absolute Gasteiger partial charge is 0.289 e. The molecule has 2 aromatic rings. The molecule has 142 valence electrons. The number of anilines is 1. The molecule has 1 aliphatic carbocycles. The number of piperazine rings is 1. The van der Waals surface area contributed by atoms with Gasteiger partial charge in [-0.25, -0.2) is 9.97 Å². The molecule has 1 fully saturated rings. The monoisotopic (exact) mass is 368 g/mol. The van der Waals surface area contributed by atoms with Crippen LogP contribution in [0.1, 0.15) is 52.6 Å². The van der Waals surface area contributed by atoms with Gasteiger partial charge < -0.3 is 14.2 Å². The van der Waals surface area contributed by atoms with Gasteiger partial charge in [0.05, 0.1) is 23.2 Å². The number of hydrogen-bond acceptors (Lipinski definition) is 6. The van der Waals surface area contributed by atoms with Crippen LogP contribution in [-0.4, -0.2) is 52.7 Å². The van der Waals surface area contributed by atoms with Gasteiger partial charge in [-0.3, -0.25) is 9.59 Å². The molecule has 0 unspecified atom stereocenters. The molecule has 1 amide bonds. The summed E-state index contributed by atoms with van der Waals surface area (Å²) in [5, 5.41) is 0. The number of nitrogens with zero attached hydrogens (tertiary/aromatic N) is 4. The third kappa shape index (κ3) is 3.34. The number of ketones is 1. The Balaban J connectivity index is 1.51. The average Bonchev–Trinajstić information content (AvgIpc) is 3.14. The van der Waals surface area contributed by atoms with Crippen LogP contribution >= 0.6 is 0 Å². The minimum atomic E-state index is -0.0884. The number of carbonyl (C=O) groups is 2. The Bertz CT molecular complexity index is 881. The van der Waals surface area contributed by atoms with Crippen molar-refractivity contribution in [1.29, 1.82) is 0 Å². The zero-order chi connectivity index (χ0) is 19.2. The van der Waals surface area contributed by atoms with E-state index in [2.05, 4.69) is 23.7 Å². The number of aromatic nitrogens is 2. The highest BCUT2D eigenvalue weighted by atomic mass is 16.3. The summed E-state index contributed by atoms with van der Waals surface area (Å²) >= 11 is 0. The van der Waals surface area contributed by atoms with Crippen molar-refractivity contribution in [2.75, 3.05) is 31.1 Å². The van der Waals surface area contributed by atoms with Crippen molar-refractivity contribution < 1.29 is 14.0 Å². The van der Waals surface area contributed by atoms with Crippen LogP contribution in [0.15, 0.2) is 22.8 Å². The first kappa shape index (κ1) is 17.7. The van der Waals surface area contributed by atoms with Gasteiger partial charge in [-0.05, 0) is 30.9 Å². The molecule has 2 aliphatic rings. The number of fused-ring (bicyclic) bond motifs is 1. The van der Waals surface area contributed by atoms with Crippen molar-refractivity contribution in [3.05, 3.63) is 41.1 Å². The molecule has 0 radical (unpaired) electrons. The first-order chi connectivity index (χ1) is 12.8. The second kappa shape index (κ2) is 6.48. The highest BCUT2D eigenvalue weighted by Gasteiger charge is 2.34. The van der Waals surface area contributed by atoms with Crippen molar-refractivity contribution in [2.24, 2.45) is 5.41 Å². The Labute approximate surface area is 158 Å². The fourth-order valence-electron chi connectivity index (χ4n) is 3.95. The number of Topliss-reactive ketones (excluding diaryl/α,β-unsaturated/α-hetero) is 1. The molecule has 4 rings (SSSR count). The van der Waals surface area contributed by atoms with Crippen molar-refractivity contribution in [2.45, 2.75) is 33.6 Å². The molecule has 2 aromatic heterocycles. The molecule has 27 heavy (non-hydrogen) atoms. The maximum absolute atomic E-state index is 12.5. The minimum absolute atomic E-state index is 0.0731. The zero-order valence-corrected chi connectivity index (χ0v) is 16.0. The fourth-order valence-corrected chi connectivity index (χ4v) is 3.95. The summed E-state index contributed by atoms with van der Waals surface area (Å²) in [6, 6.07) is 3.40. The number of amides is 1. The lowest BCUT2D eigenvalue weighted by atomic mass is 9.75.